The number of nitrogens with zero attached hydrogens (tertiary/aromatic N) is 4. The first-order chi connectivity index (χ1) is 22.2. The van der Waals surface area contributed by atoms with Gasteiger partial charge in [0.15, 0.2) is 0 Å². The smallest absolute Gasteiger partial charge is 0.509 e. The fraction of sp³-hybridized carbons (Fsp3) is 0.220. The summed E-state index contributed by atoms with van der Waals surface area (Å²) in [5, 5.41) is 7.00. The summed E-state index contributed by atoms with van der Waals surface area (Å²) in [5.74, 6) is 3.08. The third-order valence-corrected chi connectivity index (χ3v) is 8.48. The molecule has 0 unspecified atom stereocenters. The molecular weight excluding hydrogens is 760 g/mol. The van der Waals surface area contributed by atoms with Gasteiger partial charge in [0.25, 0.3) is 0 Å². The molecule has 0 atom stereocenters. The van der Waals surface area contributed by atoms with Crippen LogP contribution in [-0.2, 0) is 27.5 Å². The van der Waals surface area contributed by atoms with Crippen molar-refractivity contribution in [2.24, 2.45) is 5.92 Å². The number of ether oxygens (including phenoxy) is 1. The van der Waals surface area contributed by atoms with Crippen LogP contribution in [0.4, 0.5) is 0 Å². The van der Waals surface area contributed by atoms with E-state index in [1.807, 2.05) is 29.2 Å². The molecule has 3 aromatic heterocycles. The standard InChI is InChI=1S/C41H38N4O.Pt/c1-26(2)18-30-16-17-42-40(21-30)45-38-13-8-7-11-36(38)37-15-14-33(23-39(37)45)46-34-20-28(5)19-32(22-34)44-25-31(24-43-44)41-29(6)10-9-12-35(41)27(3)4;/h7-17,19-21,24-27H,18H2,1-6H3;/q-2;+2. The molecule has 7 aromatic rings. The molecule has 47 heavy (non-hydrogen) atoms. The Bertz CT molecular complexity index is 2210. The number of hydrogen-bond acceptors (Lipinski definition) is 3. The average molecular weight is 798 g/mol. The van der Waals surface area contributed by atoms with Crippen molar-refractivity contribution in [1.29, 1.82) is 0 Å². The van der Waals surface area contributed by atoms with Gasteiger partial charge in [0, 0.05) is 35.0 Å². The molecule has 3 heterocycles. The van der Waals surface area contributed by atoms with Crippen molar-refractivity contribution in [1.82, 2.24) is 19.3 Å². The molecule has 4 aromatic carbocycles. The molecule has 5 nitrogen and oxygen atoms in total. The van der Waals surface area contributed by atoms with Crippen LogP contribution >= 0.6 is 0 Å². The van der Waals surface area contributed by atoms with Crippen molar-refractivity contribution in [2.45, 2.75) is 53.9 Å². The summed E-state index contributed by atoms with van der Waals surface area (Å²) < 4.78 is 10.5. The van der Waals surface area contributed by atoms with Gasteiger partial charge in [0.05, 0.1) is 6.20 Å². The molecule has 0 aliphatic heterocycles. The van der Waals surface area contributed by atoms with Crippen LogP contribution in [0.2, 0.25) is 0 Å². The van der Waals surface area contributed by atoms with Gasteiger partial charge in [-0.3, -0.25) is 4.68 Å². The zero-order chi connectivity index (χ0) is 31.9. The Labute approximate surface area is 291 Å². The Morgan fingerprint density at radius 1 is 0.830 bits per heavy atom. The van der Waals surface area contributed by atoms with E-state index >= 15 is 0 Å². The quantitative estimate of drug-likeness (QED) is 0.144. The minimum absolute atomic E-state index is 0. The van der Waals surface area contributed by atoms with Gasteiger partial charge in [0.2, 0.25) is 0 Å². The largest absolute Gasteiger partial charge is 2.00 e. The molecule has 0 bridgehead atoms. The van der Waals surface area contributed by atoms with E-state index in [4.69, 9.17) is 14.8 Å². The zero-order valence-corrected chi connectivity index (χ0v) is 29.9. The van der Waals surface area contributed by atoms with Gasteiger partial charge in [0.1, 0.15) is 5.82 Å². The van der Waals surface area contributed by atoms with Crippen LogP contribution in [0.3, 0.4) is 0 Å². The second kappa shape index (κ2) is 13.3. The van der Waals surface area contributed by atoms with Crippen LogP contribution < -0.4 is 4.74 Å². The van der Waals surface area contributed by atoms with Crippen LogP contribution in [0.25, 0.3) is 44.4 Å². The molecule has 7 rings (SSSR count). The average Bonchev–Trinajstić information content (AvgIpc) is 3.63. The summed E-state index contributed by atoms with van der Waals surface area (Å²) in [6.07, 6.45) is 6.93. The minimum atomic E-state index is 0. The molecule has 0 spiro atoms. The Balaban J connectivity index is 0.00000386. The molecule has 0 aliphatic rings. The van der Waals surface area contributed by atoms with Gasteiger partial charge in [-0.1, -0.05) is 76.5 Å². The molecule has 0 amide bonds. The first-order valence-corrected chi connectivity index (χ1v) is 16.0. The molecule has 0 aliphatic carbocycles. The Morgan fingerprint density at radius 3 is 2.47 bits per heavy atom. The van der Waals surface area contributed by atoms with E-state index in [0.29, 0.717) is 23.3 Å². The van der Waals surface area contributed by atoms with E-state index in [2.05, 4.69) is 131 Å². The van der Waals surface area contributed by atoms with Gasteiger partial charge in [-0.25, -0.2) is 4.98 Å². The maximum atomic E-state index is 6.47. The van der Waals surface area contributed by atoms with Crippen LogP contribution in [0.5, 0.6) is 11.5 Å². The van der Waals surface area contributed by atoms with Crippen molar-refractivity contribution in [3.05, 3.63) is 132 Å². The fourth-order valence-corrected chi connectivity index (χ4v) is 6.46. The monoisotopic (exact) mass is 797 g/mol. The number of rotatable bonds is 8. The number of hydrogen-bond donors (Lipinski definition) is 0. The summed E-state index contributed by atoms with van der Waals surface area (Å²) in [5.41, 5.74) is 10.1. The van der Waals surface area contributed by atoms with E-state index in [0.717, 1.165) is 50.9 Å². The van der Waals surface area contributed by atoms with Crippen LogP contribution in [0, 0.1) is 31.9 Å². The third-order valence-electron chi connectivity index (χ3n) is 8.48. The van der Waals surface area contributed by atoms with Crippen molar-refractivity contribution >= 4 is 21.8 Å². The minimum Gasteiger partial charge on any atom is -0.509 e. The molecule has 0 radical (unpaired) electrons. The summed E-state index contributed by atoms with van der Waals surface area (Å²) in [6.45, 7) is 13.2. The second-order valence-corrected chi connectivity index (χ2v) is 12.9. The first-order valence-electron chi connectivity index (χ1n) is 16.0. The van der Waals surface area contributed by atoms with Gasteiger partial charge < -0.3 is 9.30 Å². The van der Waals surface area contributed by atoms with Crippen LogP contribution in [-0.4, -0.2) is 19.3 Å². The molecular formula is C41H38N4OPt. The summed E-state index contributed by atoms with van der Waals surface area (Å²) >= 11 is 0. The van der Waals surface area contributed by atoms with Crippen LogP contribution in [0.15, 0.2) is 97.5 Å². The fourth-order valence-electron chi connectivity index (χ4n) is 6.46. The number of fused-ring (bicyclic) bond motifs is 3. The predicted molar refractivity (Wildman–Crippen MR) is 187 cm³/mol. The van der Waals surface area contributed by atoms with Crippen LogP contribution in [0.1, 0.15) is 55.9 Å². The molecule has 0 N–H and O–H groups in total. The normalized spacial score (nSPS) is 11.5. The number of pyridine rings is 1. The van der Waals surface area contributed by atoms with Gasteiger partial charge >= 0.3 is 21.1 Å². The van der Waals surface area contributed by atoms with Crippen molar-refractivity contribution < 1.29 is 25.8 Å². The maximum Gasteiger partial charge on any atom is 2.00 e. The number of benzene rings is 4. The molecule has 0 saturated heterocycles. The topological polar surface area (TPSA) is 44.9 Å². The van der Waals surface area contributed by atoms with Crippen molar-refractivity contribution in [3.8, 4) is 34.1 Å². The number of aryl methyl sites for hydroxylation is 2. The zero-order valence-electron chi connectivity index (χ0n) is 27.6. The third kappa shape index (κ3) is 6.42. The van der Waals surface area contributed by atoms with Crippen molar-refractivity contribution in [2.75, 3.05) is 0 Å². The Morgan fingerprint density at radius 2 is 1.66 bits per heavy atom. The van der Waals surface area contributed by atoms with E-state index in [9.17, 15) is 0 Å². The Hall–Kier alpha value is -4.47. The summed E-state index contributed by atoms with van der Waals surface area (Å²) in [6, 6.07) is 34.4. The van der Waals surface area contributed by atoms with E-state index < -0.39 is 0 Å². The number of para-hydroxylation sites is 1. The summed E-state index contributed by atoms with van der Waals surface area (Å²) in [4.78, 5) is 4.79. The molecule has 6 heteroatoms. The Kier molecular flexibility index (Phi) is 9.21. The van der Waals surface area contributed by atoms with Gasteiger partial charge in [-0.15, -0.1) is 35.7 Å². The predicted octanol–water partition coefficient (Wildman–Crippen LogP) is 10.4. The SMILES string of the molecule is Cc1cc(Oc2[c-]c3c(cc2)c2ccccc2n3-c2cc(CC(C)C)ccn2)[c-]c(-n2cc(-c3c(C)cccc3C(C)C)cn2)c1.[Pt+2]. The molecule has 0 fully saturated rings. The summed E-state index contributed by atoms with van der Waals surface area (Å²) in [7, 11) is 0. The van der Waals surface area contributed by atoms with E-state index in [-0.39, 0.29) is 21.1 Å². The molecule has 0 saturated carbocycles. The first kappa shape index (κ1) is 32.5. The van der Waals surface area contributed by atoms with Crippen molar-refractivity contribution in [3.63, 3.8) is 0 Å². The number of aromatic nitrogens is 4. The molecule has 238 valence electrons. The van der Waals surface area contributed by atoms with E-state index in [1.54, 1.807) is 0 Å². The second-order valence-electron chi connectivity index (χ2n) is 12.9. The van der Waals surface area contributed by atoms with Gasteiger partial charge in [-0.05, 0) is 76.7 Å². The van der Waals surface area contributed by atoms with E-state index in [1.165, 1.54) is 22.3 Å². The maximum absolute atomic E-state index is 6.47. The van der Waals surface area contributed by atoms with Gasteiger partial charge in [-0.2, -0.15) is 16.7 Å².